The van der Waals surface area contributed by atoms with Gasteiger partial charge in [0.25, 0.3) is 5.91 Å². The van der Waals surface area contributed by atoms with E-state index in [1.54, 1.807) is 12.3 Å². The van der Waals surface area contributed by atoms with Crippen molar-refractivity contribution in [3.05, 3.63) is 59.9 Å². The number of piperidine rings is 1. The van der Waals surface area contributed by atoms with Gasteiger partial charge in [0.15, 0.2) is 0 Å². The standard InChI is InChI=1S/C19H21N3O3/c23-18(21-12-14-5-2-1-3-6-14)17-11-16(8-9-20-17)22-10-4-7-15(13-22)19(24)25/h1-3,5-6,8-9,11,15H,4,7,10,12-13H2,(H,21,23)(H,24,25). The summed E-state index contributed by atoms with van der Waals surface area (Å²) < 4.78 is 0. The maximum Gasteiger partial charge on any atom is 0.308 e. The molecule has 0 radical (unpaired) electrons. The summed E-state index contributed by atoms with van der Waals surface area (Å²) in [7, 11) is 0. The Morgan fingerprint density at radius 3 is 2.80 bits per heavy atom. The molecule has 1 aromatic carbocycles. The Kier molecular flexibility index (Phi) is 5.28. The number of benzene rings is 1. The van der Waals surface area contributed by atoms with E-state index < -0.39 is 5.97 Å². The molecule has 2 N–H and O–H groups in total. The largest absolute Gasteiger partial charge is 0.481 e. The molecule has 2 heterocycles. The van der Waals surface area contributed by atoms with Gasteiger partial charge >= 0.3 is 5.97 Å². The van der Waals surface area contributed by atoms with Gasteiger partial charge in [-0.1, -0.05) is 30.3 Å². The smallest absolute Gasteiger partial charge is 0.308 e. The van der Waals surface area contributed by atoms with Crippen molar-refractivity contribution in [3.8, 4) is 0 Å². The quantitative estimate of drug-likeness (QED) is 0.873. The molecule has 130 valence electrons. The summed E-state index contributed by atoms with van der Waals surface area (Å²) in [4.78, 5) is 29.7. The van der Waals surface area contributed by atoms with E-state index >= 15 is 0 Å². The number of carboxylic acid groups (broad SMARTS) is 1. The van der Waals surface area contributed by atoms with Crippen LogP contribution in [0.2, 0.25) is 0 Å². The number of hydrogen-bond acceptors (Lipinski definition) is 4. The van der Waals surface area contributed by atoms with Gasteiger partial charge in [-0.05, 0) is 30.5 Å². The Balaban J connectivity index is 1.66. The fourth-order valence-corrected chi connectivity index (χ4v) is 3.02. The van der Waals surface area contributed by atoms with Crippen LogP contribution in [0.15, 0.2) is 48.7 Å². The number of rotatable bonds is 5. The summed E-state index contributed by atoms with van der Waals surface area (Å²) in [6, 6.07) is 13.2. The topological polar surface area (TPSA) is 82.5 Å². The van der Waals surface area contributed by atoms with Crippen LogP contribution in [0, 0.1) is 5.92 Å². The van der Waals surface area contributed by atoms with E-state index in [1.165, 1.54) is 0 Å². The monoisotopic (exact) mass is 339 g/mol. The first-order chi connectivity index (χ1) is 12.1. The van der Waals surface area contributed by atoms with Crippen molar-refractivity contribution < 1.29 is 14.7 Å². The van der Waals surface area contributed by atoms with Crippen LogP contribution >= 0.6 is 0 Å². The molecule has 1 saturated heterocycles. The summed E-state index contributed by atoms with van der Waals surface area (Å²) in [6.07, 6.45) is 3.12. The molecule has 0 saturated carbocycles. The van der Waals surface area contributed by atoms with Crippen molar-refractivity contribution in [2.75, 3.05) is 18.0 Å². The Morgan fingerprint density at radius 2 is 2.04 bits per heavy atom. The van der Waals surface area contributed by atoms with Crippen molar-refractivity contribution in [1.82, 2.24) is 10.3 Å². The molecule has 25 heavy (non-hydrogen) atoms. The summed E-state index contributed by atoms with van der Waals surface area (Å²) >= 11 is 0. The first-order valence-electron chi connectivity index (χ1n) is 8.39. The number of nitrogens with one attached hydrogen (secondary N) is 1. The number of carbonyl (C=O) groups excluding carboxylic acids is 1. The fraction of sp³-hybridized carbons (Fsp3) is 0.316. The predicted octanol–water partition coefficient (Wildman–Crippen LogP) is 2.31. The lowest BCUT2D eigenvalue weighted by Gasteiger charge is -2.32. The molecule has 0 spiro atoms. The first kappa shape index (κ1) is 17.0. The summed E-state index contributed by atoms with van der Waals surface area (Å²) in [5.41, 5.74) is 2.20. The van der Waals surface area contributed by atoms with Crippen LogP contribution in [-0.4, -0.2) is 35.1 Å². The normalized spacial score (nSPS) is 17.1. The fourth-order valence-electron chi connectivity index (χ4n) is 3.02. The van der Waals surface area contributed by atoms with Crippen molar-refractivity contribution in [1.29, 1.82) is 0 Å². The maximum absolute atomic E-state index is 12.3. The SMILES string of the molecule is O=C(NCc1ccccc1)c1cc(N2CCCC(C(=O)O)C2)ccn1. The molecule has 0 bridgehead atoms. The van der Waals surface area contributed by atoms with Crippen molar-refractivity contribution in [2.45, 2.75) is 19.4 Å². The van der Waals surface area contributed by atoms with Gasteiger partial charge < -0.3 is 15.3 Å². The lowest BCUT2D eigenvalue weighted by atomic mass is 9.98. The molecular weight excluding hydrogens is 318 g/mol. The van der Waals surface area contributed by atoms with Gasteiger partial charge in [-0.2, -0.15) is 0 Å². The molecule has 1 amide bonds. The van der Waals surface area contributed by atoms with Gasteiger partial charge in [-0.3, -0.25) is 14.6 Å². The van der Waals surface area contributed by atoms with Crippen molar-refractivity contribution >= 4 is 17.6 Å². The lowest BCUT2D eigenvalue weighted by molar-refractivity contribution is -0.141. The Bertz CT molecular complexity index is 749. The molecule has 1 aliphatic rings. The summed E-state index contributed by atoms with van der Waals surface area (Å²) in [6.45, 7) is 1.69. The summed E-state index contributed by atoms with van der Waals surface area (Å²) in [5.74, 6) is -1.37. The van der Waals surface area contributed by atoms with E-state index in [-0.39, 0.29) is 11.8 Å². The molecule has 6 heteroatoms. The van der Waals surface area contributed by atoms with Crippen LogP contribution in [-0.2, 0) is 11.3 Å². The zero-order valence-corrected chi connectivity index (χ0v) is 13.9. The molecule has 1 aliphatic heterocycles. The second kappa shape index (κ2) is 7.79. The van der Waals surface area contributed by atoms with Crippen LogP contribution < -0.4 is 10.2 Å². The number of hydrogen-bond donors (Lipinski definition) is 2. The maximum atomic E-state index is 12.3. The average molecular weight is 339 g/mol. The average Bonchev–Trinajstić information content (AvgIpc) is 2.67. The van der Waals surface area contributed by atoms with E-state index in [9.17, 15) is 14.7 Å². The van der Waals surface area contributed by atoms with Crippen LogP contribution in [0.1, 0.15) is 28.9 Å². The predicted molar refractivity (Wildman–Crippen MR) is 94.4 cm³/mol. The third-order valence-corrected chi connectivity index (χ3v) is 4.41. The minimum absolute atomic E-state index is 0.238. The van der Waals surface area contributed by atoms with Gasteiger partial charge in [-0.25, -0.2) is 0 Å². The Labute approximate surface area is 146 Å². The number of aromatic nitrogens is 1. The van der Waals surface area contributed by atoms with Crippen molar-refractivity contribution in [3.63, 3.8) is 0 Å². The highest BCUT2D eigenvalue weighted by Gasteiger charge is 2.25. The number of aliphatic carboxylic acids is 1. The number of carbonyl (C=O) groups is 2. The molecular formula is C19H21N3O3. The highest BCUT2D eigenvalue weighted by Crippen LogP contribution is 2.23. The third-order valence-electron chi connectivity index (χ3n) is 4.41. The zero-order chi connectivity index (χ0) is 17.6. The molecule has 1 aromatic heterocycles. The van der Waals surface area contributed by atoms with Crippen LogP contribution in [0.4, 0.5) is 5.69 Å². The van der Waals surface area contributed by atoms with Gasteiger partial charge in [0.05, 0.1) is 5.92 Å². The number of pyridine rings is 1. The number of anilines is 1. The van der Waals surface area contributed by atoms with E-state index in [2.05, 4.69) is 10.3 Å². The third kappa shape index (κ3) is 4.35. The molecule has 0 aliphatic carbocycles. The molecule has 2 aromatic rings. The highest BCUT2D eigenvalue weighted by molar-refractivity contribution is 5.93. The minimum atomic E-state index is -0.764. The van der Waals surface area contributed by atoms with Gasteiger partial charge in [-0.15, -0.1) is 0 Å². The molecule has 1 atom stereocenters. The zero-order valence-electron chi connectivity index (χ0n) is 13.9. The number of nitrogens with zero attached hydrogens (tertiary/aromatic N) is 2. The van der Waals surface area contributed by atoms with Crippen LogP contribution in [0.25, 0.3) is 0 Å². The van der Waals surface area contributed by atoms with E-state index in [0.717, 1.165) is 24.2 Å². The molecule has 1 fully saturated rings. The van der Waals surface area contributed by atoms with Gasteiger partial charge in [0, 0.05) is 31.5 Å². The second-order valence-corrected chi connectivity index (χ2v) is 6.19. The Hall–Kier alpha value is -2.89. The van der Waals surface area contributed by atoms with E-state index in [0.29, 0.717) is 25.2 Å². The van der Waals surface area contributed by atoms with Crippen molar-refractivity contribution in [2.24, 2.45) is 5.92 Å². The molecule has 6 nitrogen and oxygen atoms in total. The van der Waals surface area contributed by atoms with Crippen LogP contribution in [0.5, 0.6) is 0 Å². The number of amides is 1. The molecule has 1 unspecified atom stereocenters. The first-order valence-corrected chi connectivity index (χ1v) is 8.39. The lowest BCUT2D eigenvalue weighted by Crippen LogP contribution is -2.38. The highest BCUT2D eigenvalue weighted by atomic mass is 16.4. The van der Waals surface area contributed by atoms with Crippen LogP contribution in [0.3, 0.4) is 0 Å². The van der Waals surface area contributed by atoms with E-state index in [4.69, 9.17) is 0 Å². The molecule has 3 rings (SSSR count). The van der Waals surface area contributed by atoms with Gasteiger partial charge in [0.2, 0.25) is 0 Å². The minimum Gasteiger partial charge on any atom is -0.481 e. The van der Waals surface area contributed by atoms with E-state index in [1.807, 2.05) is 41.3 Å². The second-order valence-electron chi connectivity index (χ2n) is 6.19. The van der Waals surface area contributed by atoms with Gasteiger partial charge in [0.1, 0.15) is 5.69 Å². The summed E-state index contributed by atoms with van der Waals surface area (Å²) in [5, 5.41) is 12.1. The number of carboxylic acids is 1. The Morgan fingerprint density at radius 1 is 1.24 bits per heavy atom.